The van der Waals surface area contributed by atoms with Gasteiger partial charge in [-0.3, -0.25) is 4.79 Å². The lowest BCUT2D eigenvalue weighted by molar-refractivity contribution is 0.0290. The second-order valence-corrected chi connectivity index (χ2v) is 7.27. The first kappa shape index (κ1) is 11.9. The van der Waals surface area contributed by atoms with Crippen molar-refractivity contribution in [3.05, 3.63) is 21.4 Å². The van der Waals surface area contributed by atoms with Gasteiger partial charge in [-0.05, 0) is 56.6 Å². The molecule has 1 N–H and O–H groups in total. The number of rotatable bonds is 1. The number of amides is 1. The van der Waals surface area contributed by atoms with Gasteiger partial charge >= 0.3 is 0 Å². The van der Waals surface area contributed by atoms with Crippen LogP contribution < -0.4 is 0 Å². The quantitative estimate of drug-likeness (QED) is 0.856. The fraction of sp³-hybridized carbons (Fsp3) is 0.667. The van der Waals surface area contributed by atoms with Crippen LogP contribution in [0.4, 0.5) is 0 Å². The fourth-order valence-electron chi connectivity index (χ4n) is 4.04. The Bertz CT molecular complexity index is 489. The van der Waals surface area contributed by atoms with Gasteiger partial charge in [-0.15, -0.1) is 11.3 Å². The maximum Gasteiger partial charge on any atom is 0.264 e. The van der Waals surface area contributed by atoms with E-state index in [0.717, 1.165) is 43.4 Å². The van der Waals surface area contributed by atoms with Crippen LogP contribution >= 0.6 is 11.3 Å². The van der Waals surface area contributed by atoms with Gasteiger partial charge < -0.3 is 10.0 Å². The number of nitrogens with zero attached hydrogens (tertiary/aromatic N) is 1. The van der Waals surface area contributed by atoms with Gasteiger partial charge in [-0.1, -0.05) is 0 Å². The summed E-state index contributed by atoms with van der Waals surface area (Å²) in [5, 5.41) is 9.82. The first-order valence-electron chi connectivity index (χ1n) is 7.34. The number of piperidine rings is 1. The zero-order valence-electron chi connectivity index (χ0n) is 11.0. The molecule has 1 aromatic rings. The van der Waals surface area contributed by atoms with Gasteiger partial charge in [0.05, 0.1) is 11.0 Å². The van der Waals surface area contributed by atoms with Gasteiger partial charge in [0.2, 0.25) is 0 Å². The Morgan fingerprint density at radius 1 is 1.26 bits per heavy atom. The molecule has 0 saturated carbocycles. The predicted molar refractivity (Wildman–Crippen MR) is 74.6 cm³/mol. The van der Waals surface area contributed by atoms with Crippen molar-refractivity contribution in [1.82, 2.24) is 4.90 Å². The van der Waals surface area contributed by atoms with Crippen molar-refractivity contribution in [2.45, 2.75) is 63.1 Å². The number of carbonyl (C=O) groups is 1. The maximum absolute atomic E-state index is 12.7. The highest BCUT2D eigenvalue weighted by atomic mass is 32.1. The van der Waals surface area contributed by atoms with Crippen LogP contribution in [-0.2, 0) is 12.8 Å². The molecule has 3 heterocycles. The highest BCUT2D eigenvalue weighted by Crippen LogP contribution is 2.39. The Morgan fingerprint density at radius 3 is 2.68 bits per heavy atom. The molecule has 3 nitrogen and oxygen atoms in total. The summed E-state index contributed by atoms with van der Waals surface area (Å²) < 4.78 is 0. The van der Waals surface area contributed by atoms with Crippen LogP contribution in [0.2, 0.25) is 0 Å². The standard InChI is InChI=1S/C15H19NO2S/c17-12-7-10-4-5-11(8-12)16(10)15(18)14-6-9-2-1-3-13(9)19-14/h6,10-12,17H,1-5,7-8H2. The minimum absolute atomic E-state index is 0.199. The van der Waals surface area contributed by atoms with Crippen LogP contribution in [0, 0.1) is 0 Å². The number of hydrogen-bond acceptors (Lipinski definition) is 3. The van der Waals surface area contributed by atoms with E-state index in [1.54, 1.807) is 11.3 Å². The van der Waals surface area contributed by atoms with Crippen LogP contribution in [0.3, 0.4) is 0 Å². The lowest BCUT2D eigenvalue weighted by atomic mass is 9.99. The lowest BCUT2D eigenvalue weighted by Gasteiger charge is -2.37. The number of aryl methyl sites for hydroxylation is 2. The Hall–Kier alpha value is -0.870. The SMILES string of the molecule is O=C(c1cc2c(s1)CCC2)N1C2CCC1CC(O)C2. The molecule has 1 amide bonds. The second-order valence-electron chi connectivity index (χ2n) is 6.14. The number of hydrogen-bond donors (Lipinski definition) is 1. The van der Waals surface area contributed by atoms with Gasteiger partial charge in [0, 0.05) is 17.0 Å². The molecule has 2 saturated heterocycles. The van der Waals surface area contributed by atoms with Gasteiger partial charge in [-0.2, -0.15) is 0 Å². The average molecular weight is 277 g/mol. The van der Waals surface area contributed by atoms with Crippen molar-refractivity contribution in [2.24, 2.45) is 0 Å². The molecule has 4 heteroatoms. The van der Waals surface area contributed by atoms with E-state index in [9.17, 15) is 9.90 Å². The summed E-state index contributed by atoms with van der Waals surface area (Å²) in [5.74, 6) is 0.221. The molecule has 102 valence electrons. The van der Waals surface area contributed by atoms with Gasteiger partial charge in [0.15, 0.2) is 0 Å². The minimum atomic E-state index is -0.199. The van der Waals surface area contributed by atoms with E-state index in [2.05, 4.69) is 11.0 Å². The lowest BCUT2D eigenvalue weighted by Crippen LogP contribution is -2.47. The Kier molecular flexibility index (Phi) is 2.71. The average Bonchev–Trinajstić information content (AvgIpc) is 3.00. The van der Waals surface area contributed by atoms with Crippen LogP contribution in [-0.4, -0.2) is 34.1 Å². The summed E-state index contributed by atoms with van der Waals surface area (Å²) in [5.41, 5.74) is 1.40. The second kappa shape index (κ2) is 4.32. The highest BCUT2D eigenvalue weighted by molar-refractivity contribution is 7.14. The molecule has 0 aromatic carbocycles. The normalized spacial score (nSPS) is 32.7. The molecule has 2 atom stereocenters. The topological polar surface area (TPSA) is 40.5 Å². The van der Waals surface area contributed by atoms with Crippen molar-refractivity contribution < 1.29 is 9.90 Å². The predicted octanol–water partition coefficient (Wildman–Crippen LogP) is 2.36. The van der Waals surface area contributed by atoms with E-state index in [0.29, 0.717) is 0 Å². The van der Waals surface area contributed by atoms with Crippen molar-refractivity contribution in [3.8, 4) is 0 Å². The monoisotopic (exact) mass is 277 g/mol. The molecular weight excluding hydrogens is 258 g/mol. The summed E-state index contributed by atoms with van der Waals surface area (Å²) in [6.07, 6.45) is 7.02. The fourth-order valence-corrected chi connectivity index (χ4v) is 5.24. The Morgan fingerprint density at radius 2 is 2.00 bits per heavy atom. The third-order valence-electron chi connectivity index (χ3n) is 4.90. The van der Waals surface area contributed by atoms with Crippen molar-refractivity contribution >= 4 is 17.2 Å². The molecule has 2 bridgehead atoms. The molecule has 0 spiro atoms. The van der Waals surface area contributed by atoms with Crippen LogP contribution in [0.5, 0.6) is 0 Å². The summed E-state index contributed by atoms with van der Waals surface area (Å²) in [7, 11) is 0. The summed E-state index contributed by atoms with van der Waals surface area (Å²) >= 11 is 1.70. The molecule has 0 radical (unpaired) electrons. The van der Waals surface area contributed by atoms with Gasteiger partial charge in [-0.25, -0.2) is 0 Å². The molecule has 2 fully saturated rings. The summed E-state index contributed by atoms with van der Waals surface area (Å²) in [4.78, 5) is 17.2. The molecule has 4 rings (SSSR count). The van der Waals surface area contributed by atoms with Crippen molar-refractivity contribution in [1.29, 1.82) is 0 Å². The third-order valence-corrected chi connectivity index (χ3v) is 6.13. The van der Waals surface area contributed by atoms with E-state index >= 15 is 0 Å². The number of carbonyl (C=O) groups excluding carboxylic acids is 1. The maximum atomic E-state index is 12.7. The largest absolute Gasteiger partial charge is 0.393 e. The number of aliphatic hydroxyl groups excluding tert-OH is 1. The first-order chi connectivity index (χ1) is 9.22. The molecular formula is C15H19NO2S. The number of fused-ring (bicyclic) bond motifs is 3. The number of thiophene rings is 1. The smallest absolute Gasteiger partial charge is 0.264 e. The third kappa shape index (κ3) is 1.84. The molecule has 19 heavy (non-hydrogen) atoms. The molecule has 1 aliphatic carbocycles. The van der Waals surface area contributed by atoms with Gasteiger partial charge in [0.1, 0.15) is 0 Å². The van der Waals surface area contributed by atoms with Crippen LogP contribution in [0.15, 0.2) is 6.07 Å². The van der Waals surface area contributed by atoms with E-state index in [1.807, 2.05) is 0 Å². The molecule has 1 aromatic heterocycles. The Labute approximate surface area is 117 Å². The summed E-state index contributed by atoms with van der Waals surface area (Å²) in [6, 6.07) is 2.68. The minimum Gasteiger partial charge on any atom is -0.393 e. The molecule has 2 unspecified atom stereocenters. The van der Waals surface area contributed by atoms with E-state index in [-0.39, 0.29) is 24.1 Å². The zero-order chi connectivity index (χ0) is 13.0. The van der Waals surface area contributed by atoms with Crippen LogP contribution in [0.1, 0.15) is 52.2 Å². The molecule has 2 aliphatic heterocycles. The highest BCUT2D eigenvalue weighted by Gasteiger charge is 2.43. The van der Waals surface area contributed by atoms with E-state index < -0.39 is 0 Å². The van der Waals surface area contributed by atoms with Crippen molar-refractivity contribution in [3.63, 3.8) is 0 Å². The van der Waals surface area contributed by atoms with Crippen molar-refractivity contribution in [2.75, 3.05) is 0 Å². The summed E-state index contributed by atoms with van der Waals surface area (Å²) in [6.45, 7) is 0. The van der Waals surface area contributed by atoms with E-state index in [1.165, 1.54) is 16.9 Å². The molecule has 3 aliphatic rings. The Balaban J connectivity index is 1.60. The van der Waals surface area contributed by atoms with Crippen LogP contribution in [0.25, 0.3) is 0 Å². The van der Waals surface area contributed by atoms with Gasteiger partial charge in [0.25, 0.3) is 5.91 Å². The number of aliphatic hydroxyl groups is 1. The zero-order valence-corrected chi connectivity index (χ0v) is 11.8. The first-order valence-corrected chi connectivity index (χ1v) is 8.16. The van der Waals surface area contributed by atoms with E-state index in [4.69, 9.17) is 0 Å².